The number of halogens is 1. The van der Waals surface area contributed by atoms with Gasteiger partial charge in [-0.2, -0.15) is 0 Å². The smallest absolute Gasteiger partial charge is 0.239 e. The molecule has 4 heteroatoms. The molecule has 1 rings (SSSR count). The monoisotopic (exact) mass is 268 g/mol. The van der Waals surface area contributed by atoms with Crippen molar-refractivity contribution in [2.24, 2.45) is 5.73 Å². The van der Waals surface area contributed by atoms with Gasteiger partial charge in [-0.15, -0.1) is 0 Å². The maximum absolute atomic E-state index is 11.7. The minimum absolute atomic E-state index is 0.155. The summed E-state index contributed by atoms with van der Waals surface area (Å²) in [6, 6.07) is 7.67. The first-order valence-electron chi connectivity index (χ1n) is 5.96. The fourth-order valence-electron chi connectivity index (χ4n) is 1.54. The molecule has 0 unspecified atom stereocenters. The van der Waals surface area contributed by atoms with Crippen LogP contribution in [0.4, 0.5) is 0 Å². The van der Waals surface area contributed by atoms with Crippen LogP contribution in [0.3, 0.4) is 0 Å². The van der Waals surface area contributed by atoms with Crippen LogP contribution in [-0.2, 0) is 10.2 Å². The SMILES string of the molecule is CC(C)(N)C(=O)NCC(C)(C)c1cccc(Cl)c1. The zero-order valence-corrected chi connectivity index (χ0v) is 12.1. The first-order valence-corrected chi connectivity index (χ1v) is 6.34. The average molecular weight is 269 g/mol. The van der Waals surface area contributed by atoms with Crippen LogP contribution in [0.1, 0.15) is 33.3 Å². The highest BCUT2D eigenvalue weighted by atomic mass is 35.5. The second-order valence-corrected chi connectivity index (χ2v) is 6.24. The van der Waals surface area contributed by atoms with E-state index in [9.17, 15) is 4.79 Å². The van der Waals surface area contributed by atoms with E-state index in [0.29, 0.717) is 11.6 Å². The first-order chi connectivity index (χ1) is 8.13. The number of carbonyl (C=O) groups excluding carboxylic acids is 1. The van der Waals surface area contributed by atoms with E-state index in [1.165, 1.54) is 0 Å². The number of nitrogens with one attached hydrogen (secondary N) is 1. The Bertz CT molecular complexity index is 436. The molecule has 0 atom stereocenters. The Morgan fingerprint density at radius 2 is 1.94 bits per heavy atom. The Hall–Kier alpha value is -1.06. The molecule has 1 amide bonds. The third-order valence-corrected chi connectivity index (χ3v) is 3.12. The van der Waals surface area contributed by atoms with Gasteiger partial charge in [0.1, 0.15) is 0 Å². The van der Waals surface area contributed by atoms with Gasteiger partial charge in [0.15, 0.2) is 0 Å². The molecular weight excluding hydrogens is 248 g/mol. The molecule has 0 saturated heterocycles. The van der Waals surface area contributed by atoms with Crippen molar-refractivity contribution >= 4 is 17.5 Å². The van der Waals surface area contributed by atoms with Gasteiger partial charge >= 0.3 is 0 Å². The number of carbonyl (C=O) groups is 1. The Morgan fingerprint density at radius 3 is 2.44 bits per heavy atom. The molecule has 100 valence electrons. The van der Waals surface area contributed by atoms with Crippen LogP contribution in [0.15, 0.2) is 24.3 Å². The van der Waals surface area contributed by atoms with Crippen molar-refractivity contribution in [3.8, 4) is 0 Å². The van der Waals surface area contributed by atoms with E-state index in [1.54, 1.807) is 13.8 Å². The average Bonchev–Trinajstić information content (AvgIpc) is 2.24. The third-order valence-electron chi connectivity index (χ3n) is 2.88. The van der Waals surface area contributed by atoms with E-state index in [1.807, 2.05) is 24.3 Å². The van der Waals surface area contributed by atoms with Crippen molar-refractivity contribution in [3.05, 3.63) is 34.9 Å². The summed E-state index contributed by atoms with van der Waals surface area (Å²) in [6.07, 6.45) is 0. The summed E-state index contributed by atoms with van der Waals surface area (Å²) >= 11 is 5.98. The lowest BCUT2D eigenvalue weighted by atomic mass is 9.84. The van der Waals surface area contributed by atoms with Crippen LogP contribution in [0.5, 0.6) is 0 Å². The number of hydrogen-bond donors (Lipinski definition) is 2. The van der Waals surface area contributed by atoms with Crippen LogP contribution < -0.4 is 11.1 Å². The predicted molar refractivity (Wildman–Crippen MR) is 75.8 cm³/mol. The van der Waals surface area contributed by atoms with E-state index in [-0.39, 0.29) is 11.3 Å². The zero-order chi connectivity index (χ0) is 14.0. The summed E-state index contributed by atoms with van der Waals surface area (Å²) in [6.45, 7) is 8.02. The number of amides is 1. The van der Waals surface area contributed by atoms with Crippen molar-refractivity contribution in [1.82, 2.24) is 5.32 Å². The van der Waals surface area contributed by atoms with Gasteiger partial charge in [0, 0.05) is 17.0 Å². The van der Waals surface area contributed by atoms with Gasteiger partial charge in [0.25, 0.3) is 0 Å². The van der Waals surface area contributed by atoms with Crippen molar-refractivity contribution in [1.29, 1.82) is 0 Å². The van der Waals surface area contributed by atoms with E-state index < -0.39 is 5.54 Å². The first kappa shape index (κ1) is 15.0. The van der Waals surface area contributed by atoms with Gasteiger partial charge in [-0.1, -0.05) is 37.6 Å². The molecule has 18 heavy (non-hydrogen) atoms. The van der Waals surface area contributed by atoms with Gasteiger partial charge in [-0.3, -0.25) is 4.79 Å². The molecule has 0 bridgehead atoms. The Balaban J connectivity index is 2.74. The number of hydrogen-bond acceptors (Lipinski definition) is 2. The van der Waals surface area contributed by atoms with E-state index in [4.69, 9.17) is 17.3 Å². The highest BCUT2D eigenvalue weighted by Crippen LogP contribution is 2.24. The summed E-state index contributed by atoms with van der Waals surface area (Å²) in [5, 5.41) is 3.57. The molecule has 0 spiro atoms. The molecule has 0 aliphatic carbocycles. The summed E-state index contributed by atoms with van der Waals surface area (Å²) in [7, 11) is 0. The maximum Gasteiger partial charge on any atom is 0.239 e. The third kappa shape index (κ3) is 4.00. The normalized spacial score (nSPS) is 12.3. The van der Waals surface area contributed by atoms with Crippen molar-refractivity contribution in [3.63, 3.8) is 0 Å². The maximum atomic E-state index is 11.7. The topological polar surface area (TPSA) is 55.1 Å². The second-order valence-electron chi connectivity index (χ2n) is 5.80. The van der Waals surface area contributed by atoms with Gasteiger partial charge < -0.3 is 11.1 Å². The second kappa shape index (κ2) is 5.29. The Kier molecular flexibility index (Phi) is 4.41. The molecule has 1 aromatic carbocycles. The van der Waals surface area contributed by atoms with Crippen molar-refractivity contribution < 1.29 is 4.79 Å². The molecule has 1 aromatic rings. The minimum atomic E-state index is -0.857. The van der Waals surface area contributed by atoms with Crippen LogP contribution in [-0.4, -0.2) is 18.0 Å². The quantitative estimate of drug-likeness (QED) is 0.881. The van der Waals surface area contributed by atoms with Crippen molar-refractivity contribution in [2.45, 2.75) is 38.6 Å². The molecule has 0 fully saturated rings. The number of benzene rings is 1. The molecule has 0 aliphatic rings. The van der Waals surface area contributed by atoms with Crippen molar-refractivity contribution in [2.75, 3.05) is 6.54 Å². The molecule has 0 heterocycles. The summed E-state index contributed by atoms with van der Waals surface area (Å²) in [4.78, 5) is 11.7. The molecule has 3 nitrogen and oxygen atoms in total. The van der Waals surface area contributed by atoms with Gasteiger partial charge in [-0.05, 0) is 31.5 Å². The van der Waals surface area contributed by atoms with Gasteiger partial charge in [0.2, 0.25) is 5.91 Å². The summed E-state index contributed by atoms with van der Waals surface area (Å²) in [5.41, 5.74) is 5.78. The molecule has 3 N–H and O–H groups in total. The molecule has 0 saturated carbocycles. The van der Waals surface area contributed by atoms with Crippen LogP contribution in [0, 0.1) is 0 Å². The standard InChI is InChI=1S/C14H21ClN2O/c1-13(2,9-17-12(18)14(3,4)16)10-6-5-7-11(15)8-10/h5-8H,9,16H2,1-4H3,(H,17,18). The Labute approximate surface area is 114 Å². The van der Waals surface area contributed by atoms with Gasteiger partial charge in [-0.25, -0.2) is 0 Å². The number of nitrogens with two attached hydrogens (primary N) is 1. The zero-order valence-electron chi connectivity index (χ0n) is 11.4. The predicted octanol–water partition coefficient (Wildman–Crippen LogP) is 2.47. The fraction of sp³-hybridized carbons (Fsp3) is 0.500. The number of rotatable bonds is 4. The fourth-order valence-corrected chi connectivity index (χ4v) is 1.73. The van der Waals surface area contributed by atoms with Gasteiger partial charge in [0.05, 0.1) is 5.54 Å². The van der Waals surface area contributed by atoms with Crippen LogP contribution in [0.25, 0.3) is 0 Å². The molecular formula is C14H21ClN2O. The largest absolute Gasteiger partial charge is 0.354 e. The van der Waals surface area contributed by atoms with Crippen LogP contribution in [0.2, 0.25) is 5.02 Å². The Morgan fingerprint density at radius 1 is 1.33 bits per heavy atom. The lowest BCUT2D eigenvalue weighted by Gasteiger charge is -2.28. The summed E-state index contributed by atoms with van der Waals surface area (Å²) in [5.74, 6) is -0.155. The molecule has 0 aromatic heterocycles. The lowest BCUT2D eigenvalue weighted by molar-refractivity contribution is -0.125. The minimum Gasteiger partial charge on any atom is -0.354 e. The summed E-state index contributed by atoms with van der Waals surface area (Å²) < 4.78 is 0. The van der Waals surface area contributed by atoms with E-state index in [0.717, 1.165) is 5.56 Å². The van der Waals surface area contributed by atoms with Crippen LogP contribution >= 0.6 is 11.6 Å². The lowest BCUT2D eigenvalue weighted by Crippen LogP contribution is -2.51. The highest BCUT2D eigenvalue weighted by Gasteiger charge is 2.26. The van der Waals surface area contributed by atoms with E-state index >= 15 is 0 Å². The molecule has 0 aliphatic heterocycles. The van der Waals surface area contributed by atoms with E-state index in [2.05, 4.69) is 19.2 Å². The molecule has 0 radical (unpaired) electrons. The highest BCUT2D eigenvalue weighted by molar-refractivity contribution is 6.30.